The van der Waals surface area contributed by atoms with E-state index >= 15 is 0 Å². The van der Waals surface area contributed by atoms with Crippen molar-refractivity contribution in [2.24, 2.45) is 0 Å². The molecule has 0 spiro atoms. The first-order valence-electron chi connectivity index (χ1n) is 9.16. The minimum absolute atomic E-state index is 0.0714. The molecule has 30 heavy (non-hydrogen) atoms. The van der Waals surface area contributed by atoms with Crippen LogP contribution in [0.1, 0.15) is 32.0 Å². The normalized spacial score (nSPS) is 13.4. The Labute approximate surface area is 179 Å². The van der Waals surface area contributed by atoms with E-state index in [1.54, 1.807) is 24.6 Å². The van der Waals surface area contributed by atoms with Crippen LogP contribution < -0.4 is 4.90 Å². The van der Waals surface area contributed by atoms with Gasteiger partial charge >= 0.3 is 0 Å². The molecular weight excluding hydrogens is 451 g/mol. The van der Waals surface area contributed by atoms with Crippen molar-refractivity contribution in [1.82, 2.24) is 14.8 Å². The second-order valence-electron chi connectivity index (χ2n) is 7.12. The number of anilines is 1. The van der Waals surface area contributed by atoms with Crippen LogP contribution in [0.2, 0.25) is 0 Å². The fraction of sp³-hybridized carbons (Fsp3) is 0.0909. The van der Waals surface area contributed by atoms with Crippen molar-refractivity contribution in [2.45, 2.75) is 13.8 Å². The van der Waals surface area contributed by atoms with Crippen molar-refractivity contribution in [3.05, 3.63) is 81.3 Å². The number of imide groups is 1. The first-order chi connectivity index (χ1) is 14.4. The molecule has 0 radical (unpaired) electrons. The minimum Gasteiger partial charge on any atom is -0.268 e. The molecule has 0 atom stereocenters. The van der Waals surface area contributed by atoms with E-state index in [9.17, 15) is 14.0 Å². The molecule has 8 heteroatoms. The fourth-order valence-electron chi connectivity index (χ4n) is 3.74. The number of rotatable bonds is 2. The number of hydrogen-bond acceptors (Lipinski definition) is 4. The van der Waals surface area contributed by atoms with Crippen molar-refractivity contribution in [3.8, 4) is 5.69 Å². The summed E-state index contributed by atoms with van der Waals surface area (Å²) in [6.07, 6.45) is 1.36. The van der Waals surface area contributed by atoms with Crippen LogP contribution >= 0.6 is 15.9 Å². The maximum atomic E-state index is 14.5. The predicted octanol–water partition coefficient (Wildman–Crippen LogP) is 4.74. The highest BCUT2D eigenvalue weighted by atomic mass is 79.9. The third kappa shape index (κ3) is 2.60. The number of aromatic nitrogens is 3. The molecule has 0 fully saturated rings. The molecule has 1 aliphatic heterocycles. The van der Waals surface area contributed by atoms with Gasteiger partial charge in [0.05, 0.1) is 33.6 Å². The average Bonchev–Trinajstić information content (AvgIpc) is 3.18. The summed E-state index contributed by atoms with van der Waals surface area (Å²) in [6.45, 7) is 3.50. The lowest BCUT2D eigenvalue weighted by Gasteiger charge is -2.15. The Bertz CT molecular complexity index is 1380. The van der Waals surface area contributed by atoms with Gasteiger partial charge in [-0.05, 0) is 55.8 Å². The molecule has 0 bridgehead atoms. The first kappa shape index (κ1) is 18.6. The standard InChI is InChI=1S/C22H14BrFN4O2/c1-11-3-8-17(16(24)9-11)27-21(29)15-10-25-20-18(19(15)22(27)30)12(2)26-28(20)14-6-4-13(23)5-7-14/h3-10H,1-2H3. The van der Waals surface area contributed by atoms with Crippen LogP contribution in [0, 0.1) is 19.7 Å². The first-order valence-corrected chi connectivity index (χ1v) is 9.95. The van der Waals surface area contributed by atoms with Gasteiger partial charge < -0.3 is 0 Å². The summed E-state index contributed by atoms with van der Waals surface area (Å²) in [6, 6.07) is 11.9. The van der Waals surface area contributed by atoms with Crippen LogP contribution in [0.4, 0.5) is 10.1 Å². The fourth-order valence-corrected chi connectivity index (χ4v) is 4.00. The Hall–Kier alpha value is -3.39. The Morgan fingerprint density at radius 2 is 1.73 bits per heavy atom. The summed E-state index contributed by atoms with van der Waals surface area (Å²) in [5.41, 5.74) is 2.76. The van der Waals surface area contributed by atoms with Gasteiger partial charge in [0.1, 0.15) is 5.82 Å². The number of amides is 2. The maximum Gasteiger partial charge on any atom is 0.267 e. The van der Waals surface area contributed by atoms with E-state index in [4.69, 9.17) is 0 Å². The topological polar surface area (TPSA) is 68.1 Å². The van der Waals surface area contributed by atoms with Crippen LogP contribution in [0.3, 0.4) is 0 Å². The van der Waals surface area contributed by atoms with Gasteiger partial charge in [-0.25, -0.2) is 19.0 Å². The van der Waals surface area contributed by atoms with Gasteiger partial charge in [-0.3, -0.25) is 9.59 Å². The summed E-state index contributed by atoms with van der Waals surface area (Å²) >= 11 is 3.40. The molecule has 0 unspecified atom stereocenters. The largest absolute Gasteiger partial charge is 0.268 e. The summed E-state index contributed by atoms with van der Waals surface area (Å²) in [5.74, 6) is -1.80. The maximum absolute atomic E-state index is 14.5. The molecule has 0 saturated carbocycles. The van der Waals surface area contributed by atoms with Crippen molar-refractivity contribution in [1.29, 1.82) is 0 Å². The number of halogens is 2. The number of aryl methyl sites for hydroxylation is 2. The summed E-state index contributed by atoms with van der Waals surface area (Å²) < 4.78 is 17.1. The van der Waals surface area contributed by atoms with Gasteiger partial charge in [0.2, 0.25) is 0 Å². The van der Waals surface area contributed by atoms with E-state index in [1.165, 1.54) is 18.3 Å². The number of hydrogen-bond donors (Lipinski definition) is 0. The third-order valence-electron chi connectivity index (χ3n) is 5.14. The van der Waals surface area contributed by atoms with E-state index < -0.39 is 17.6 Å². The van der Waals surface area contributed by atoms with Crippen molar-refractivity contribution in [3.63, 3.8) is 0 Å². The quantitative estimate of drug-likeness (QED) is 0.401. The van der Waals surface area contributed by atoms with E-state index in [-0.39, 0.29) is 16.8 Å². The van der Waals surface area contributed by atoms with Gasteiger partial charge in [-0.15, -0.1) is 0 Å². The smallest absolute Gasteiger partial charge is 0.267 e. The van der Waals surface area contributed by atoms with Gasteiger partial charge in [0, 0.05) is 10.7 Å². The third-order valence-corrected chi connectivity index (χ3v) is 5.67. The average molecular weight is 465 g/mol. The zero-order valence-electron chi connectivity index (χ0n) is 16.0. The van der Waals surface area contributed by atoms with Gasteiger partial charge in [0.15, 0.2) is 5.65 Å². The summed E-state index contributed by atoms with van der Waals surface area (Å²) in [4.78, 5) is 31.5. The molecule has 5 rings (SSSR count). The van der Waals surface area contributed by atoms with Crippen molar-refractivity contribution >= 4 is 44.5 Å². The zero-order chi connectivity index (χ0) is 21.2. The molecule has 0 aliphatic carbocycles. The summed E-state index contributed by atoms with van der Waals surface area (Å²) in [7, 11) is 0. The number of nitrogens with zero attached hydrogens (tertiary/aromatic N) is 4. The van der Waals surface area contributed by atoms with Crippen LogP contribution in [-0.4, -0.2) is 26.6 Å². The van der Waals surface area contributed by atoms with Gasteiger partial charge in [-0.2, -0.15) is 5.10 Å². The number of carbonyl (C=O) groups excluding carboxylic acids is 2. The Morgan fingerprint density at radius 1 is 1.00 bits per heavy atom. The molecule has 148 valence electrons. The van der Waals surface area contributed by atoms with E-state index in [1.807, 2.05) is 24.3 Å². The number of pyridine rings is 1. The number of fused-ring (bicyclic) bond motifs is 3. The van der Waals surface area contributed by atoms with Crippen LogP contribution in [-0.2, 0) is 0 Å². The van der Waals surface area contributed by atoms with Crippen molar-refractivity contribution in [2.75, 3.05) is 4.90 Å². The molecule has 0 saturated heterocycles. The zero-order valence-corrected chi connectivity index (χ0v) is 17.6. The van der Waals surface area contributed by atoms with E-state index in [2.05, 4.69) is 26.0 Å². The SMILES string of the molecule is Cc1ccc(N2C(=O)c3cnc4c(c(C)nn4-c4ccc(Br)cc4)c3C2=O)c(F)c1. The predicted molar refractivity (Wildman–Crippen MR) is 114 cm³/mol. The highest BCUT2D eigenvalue weighted by molar-refractivity contribution is 9.10. The van der Waals surface area contributed by atoms with Crippen LogP contribution in [0.5, 0.6) is 0 Å². The van der Waals surface area contributed by atoms with Gasteiger partial charge in [-0.1, -0.05) is 22.0 Å². The number of benzene rings is 2. The van der Waals surface area contributed by atoms with Crippen molar-refractivity contribution < 1.29 is 14.0 Å². The Kier molecular flexibility index (Phi) is 4.08. The minimum atomic E-state index is -0.629. The van der Waals surface area contributed by atoms with E-state index in [0.717, 1.165) is 15.1 Å². The van der Waals surface area contributed by atoms with Gasteiger partial charge in [0.25, 0.3) is 11.8 Å². The molecule has 4 aromatic rings. The molecular formula is C22H14BrFN4O2. The molecule has 0 N–H and O–H groups in total. The number of carbonyl (C=O) groups is 2. The molecule has 2 amide bonds. The summed E-state index contributed by atoms with van der Waals surface area (Å²) in [5, 5.41) is 5.03. The van der Waals surface area contributed by atoms with Crippen LogP contribution in [0.25, 0.3) is 16.7 Å². The van der Waals surface area contributed by atoms with E-state index in [0.29, 0.717) is 22.3 Å². The second-order valence-corrected chi connectivity index (χ2v) is 8.04. The van der Waals surface area contributed by atoms with Crippen LogP contribution in [0.15, 0.2) is 53.1 Å². The molecule has 2 aromatic heterocycles. The highest BCUT2D eigenvalue weighted by Crippen LogP contribution is 2.35. The Balaban J connectivity index is 1.71. The Morgan fingerprint density at radius 3 is 2.43 bits per heavy atom. The molecule has 2 aromatic carbocycles. The monoisotopic (exact) mass is 464 g/mol. The second kappa shape index (κ2) is 6.56. The highest BCUT2D eigenvalue weighted by Gasteiger charge is 2.41. The molecule has 6 nitrogen and oxygen atoms in total. The lowest BCUT2D eigenvalue weighted by molar-refractivity contribution is 0.0925. The molecule has 3 heterocycles. The molecule has 1 aliphatic rings. The lowest BCUT2D eigenvalue weighted by atomic mass is 10.1. The lowest BCUT2D eigenvalue weighted by Crippen LogP contribution is -2.30.